The number of carbonyl (C=O) groups excluding carboxylic acids is 1. The average molecular weight is 406 g/mol. The summed E-state index contributed by atoms with van der Waals surface area (Å²) < 4.78 is 6.45. The largest absolute Gasteiger partial charge is 0.494 e. The van der Waals surface area contributed by atoms with E-state index in [4.69, 9.17) is 9.72 Å². The van der Waals surface area contributed by atoms with E-state index in [-0.39, 0.29) is 5.91 Å². The molecule has 0 aliphatic carbocycles. The van der Waals surface area contributed by atoms with Gasteiger partial charge in [0.05, 0.1) is 11.8 Å². The molecule has 0 radical (unpaired) electrons. The molecule has 1 heterocycles. The normalized spacial score (nSPS) is 11.3. The summed E-state index contributed by atoms with van der Waals surface area (Å²) in [5.74, 6) is 0.673. The maximum atomic E-state index is 13.5. The number of ether oxygens (including phenoxy) is 1. The highest BCUT2D eigenvalue weighted by molar-refractivity contribution is 7.22. The van der Waals surface area contributed by atoms with E-state index in [1.165, 1.54) is 11.3 Å². The fourth-order valence-corrected chi connectivity index (χ4v) is 4.26. The highest BCUT2D eigenvalue weighted by Crippen LogP contribution is 2.34. The van der Waals surface area contributed by atoms with Gasteiger partial charge in [0.2, 0.25) is 0 Å². The van der Waals surface area contributed by atoms with Crippen molar-refractivity contribution in [3.63, 3.8) is 0 Å². The number of methoxy groups -OCH3 is 1. The van der Waals surface area contributed by atoms with Crippen molar-refractivity contribution in [2.75, 3.05) is 39.2 Å². The van der Waals surface area contributed by atoms with Crippen LogP contribution in [0.5, 0.6) is 5.75 Å². The van der Waals surface area contributed by atoms with E-state index in [0.717, 1.165) is 33.3 Å². The third-order valence-electron chi connectivity index (χ3n) is 4.83. The Labute approximate surface area is 174 Å². The van der Waals surface area contributed by atoms with E-state index < -0.39 is 0 Å². The van der Waals surface area contributed by atoms with Gasteiger partial charge < -0.3 is 9.64 Å². The van der Waals surface area contributed by atoms with Crippen molar-refractivity contribution in [2.45, 2.75) is 0 Å². The minimum Gasteiger partial charge on any atom is -0.494 e. The zero-order valence-corrected chi connectivity index (χ0v) is 17.6. The number of likely N-dealkylation sites (N-methyl/N-ethyl adjacent to an activating group) is 1. The maximum Gasteiger partial charge on any atom is 0.260 e. The molecule has 1 aromatic heterocycles. The smallest absolute Gasteiger partial charge is 0.260 e. The number of fused-ring (bicyclic) bond motifs is 2. The first kappa shape index (κ1) is 19.4. The summed E-state index contributed by atoms with van der Waals surface area (Å²) in [7, 11) is 5.64. The Bertz CT molecular complexity index is 1170. The molecule has 0 N–H and O–H groups in total. The van der Waals surface area contributed by atoms with Crippen LogP contribution in [-0.2, 0) is 0 Å². The van der Waals surface area contributed by atoms with E-state index in [1.54, 1.807) is 12.0 Å². The second-order valence-corrected chi connectivity index (χ2v) is 8.13. The van der Waals surface area contributed by atoms with Crippen LogP contribution in [0.15, 0.2) is 60.7 Å². The van der Waals surface area contributed by atoms with Crippen molar-refractivity contribution >= 4 is 43.4 Å². The first-order valence-electron chi connectivity index (χ1n) is 9.46. The van der Waals surface area contributed by atoms with Gasteiger partial charge in [-0.2, -0.15) is 0 Å². The minimum absolute atomic E-state index is 0.0457. The first-order chi connectivity index (χ1) is 14.1. The molecule has 0 saturated carbocycles. The molecule has 3 aromatic carbocycles. The Kier molecular flexibility index (Phi) is 5.47. The van der Waals surface area contributed by atoms with Crippen LogP contribution in [-0.4, -0.2) is 50.1 Å². The number of thiazole rings is 1. The molecular weight excluding hydrogens is 382 g/mol. The van der Waals surface area contributed by atoms with E-state index in [2.05, 4.69) is 4.90 Å². The van der Waals surface area contributed by atoms with Gasteiger partial charge in [-0.3, -0.25) is 9.69 Å². The zero-order chi connectivity index (χ0) is 20.4. The summed E-state index contributed by atoms with van der Waals surface area (Å²) in [5, 5.41) is 2.86. The van der Waals surface area contributed by atoms with Crippen LogP contribution < -0.4 is 9.64 Å². The standard InChI is InChI=1S/C23H23N3O2S/c1-25(2)13-14-26(23-24-21-19(28-3)9-6-10-20(21)29-23)22(27)18-12-11-16-7-4-5-8-17(16)15-18/h4-12,15H,13-14H2,1-3H3. The molecule has 4 rings (SSSR count). The predicted molar refractivity (Wildman–Crippen MR) is 120 cm³/mol. The van der Waals surface area contributed by atoms with Gasteiger partial charge >= 0.3 is 0 Å². The van der Waals surface area contributed by atoms with Crippen molar-refractivity contribution in [3.8, 4) is 5.75 Å². The summed E-state index contributed by atoms with van der Waals surface area (Å²) >= 11 is 1.51. The number of hydrogen-bond acceptors (Lipinski definition) is 5. The van der Waals surface area contributed by atoms with E-state index >= 15 is 0 Å². The van der Waals surface area contributed by atoms with Crippen molar-refractivity contribution < 1.29 is 9.53 Å². The fourth-order valence-electron chi connectivity index (χ4n) is 3.25. The predicted octanol–water partition coefficient (Wildman–Crippen LogP) is 4.67. The lowest BCUT2D eigenvalue weighted by atomic mass is 10.1. The molecule has 0 bridgehead atoms. The number of hydrogen-bond donors (Lipinski definition) is 0. The van der Waals surface area contributed by atoms with Crippen LogP contribution in [0.25, 0.3) is 21.0 Å². The van der Waals surface area contributed by atoms with Crippen LogP contribution in [0.4, 0.5) is 5.13 Å². The average Bonchev–Trinajstić information content (AvgIpc) is 3.17. The van der Waals surface area contributed by atoms with Crippen LogP contribution in [0, 0.1) is 0 Å². The van der Waals surface area contributed by atoms with Gasteiger partial charge in [0, 0.05) is 18.7 Å². The molecule has 0 saturated heterocycles. The van der Waals surface area contributed by atoms with Gasteiger partial charge in [-0.05, 0) is 49.1 Å². The first-order valence-corrected chi connectivity index (χ1v) is 10.3. The van der Waals surface area contributed by atoms with Gasteiger partial charge in [0.15, 0.2) is 5.13 Å². The molecule has 0 aliphatic rings. The van der Waals surface area contributed by atoms with Crippen molar-refractivity contribution in [1.29, 1.82) is 0 Å². The van der Waals surface area contributed by atoms with Crippen LogP contribution in [0.2, 0.25) is 0 Å². The lowest BCUT2D eigenvalue weighted by molar-refractivity contribution is 0.0985. The van der Waals surface area contributed by atoms with Gasteiger partial charge in [0.25, 0.3) is 5.91 Å². The Morgan fingerprint density at radius 3 is 2.55 bits per heavy atom. The Morgan fingerprint density at radius 2 is 1.79 bits per heavy atom. The second kappa shape index (κ2) is 8.19. The molecule has 0 atom stereocenters. The molecule has 6 heteroatoms. The number of anilines is 1. The van der Waals surface area contributed by atoms with Crippen LogP contribution in [0.3, 0.4) is 0 Å². The Balaban J connectivity index is 1.75. The lowest BCUT2D eigenvalue weighted by Gasteiger charge is -2.22. The summed E-state index contributed by atoms with van der Waals surface area (Å²) in [5.41, 5.74) is 1.45. The third-order valence-corrected chi connectivity index (χ3v) is 5.88. The number of aromatic nitrogens is 1. The van der Waals surface area contributed by atoms with E-state index in [9.17, 15) is 4.79 Å². The summed E-state index contributed by atoms with van der Waals surface area (Å²) in [6.07, 6.45) is 0. The highest BCUT2D eigenvalue weighted by Gasteiger charge is 2.22. The van der Waals surface area contributed by atoms with Gasteiger partial charge in [-0.1, -0.05) is 47.7 Å². The van der Waals surface area contributed by atoms with Gasteiger partial charge in [-0.25, -0.2) is 4.98 Å². The number of benzene rings is 3. The van der Waals surface area contributed by atoms with Crippen LogP contribution >= 0.6 is 11.3 Å². The minimum atomic E-state index is -0.0457. The molecule has 0 fully saturated rings. The van der Waals surface area contributed by atoms with Crippen molar-refractivity contribution in [3.05, 3.63) is 66.2 Å². The molecule has 1 amide bonds. The van der Waals surface area contributed by atoms with Crippen molar-refractivity contribution in [2.24, 2.45) is 0 Å². The topological polar surface area (TPSA) is 45.7 Å². The molecule has 4 aromatic rings. The number of para-hydroxylation sites is 1. The molecule has 29 heavy (non-hydrogen) atoms. The molecule has 0 unspecified atom stereocenters. The van der Waals surface area contributed by atoms with E-state index in [1.807, 2.05) is 74.8 Å². The summed E-state index contributed by atoms with van der Waals surface area (Å²) in [6.45, 7) is 1.30. The monoisotopic (exact) mass is 405 g/mol. The van der Waals surface area contributed by atoms with Gasteiger partial charge in [-0.15, -0.1) is 0 Å². The molecule has 0 aliphatic heterocycles. The number of carbonyl (C=O) groups is 1. The number of rotatable bonds is 6. The second-order valence-electron chi connectivity index (χ2n) is 7.13. The lowest BCUT2D eigenvalue weighted by Crippen LogP contribution is -2.36. The summed E-state index contributed by atoms with van der Waals surface area (Å²) in [6, 6.07) is 19.7. The number of amides is 1. The van der Waals surface area contributed by atoms with Crippen LogP contribution in [0.1, 0.15) is 10.4 Å². The summed E-state index contributed by atoms with van der Waals surface area (Å²) in [4.78, 5) is 22.1. The fraction of sp³-hybridized carbons (Fsp3) is 0.217. The van der Waals surface area contributed by atoms with Gasteiger partial charge in [0.1, 0.15) is 11.3 Å². The quantitative estimate of drug-likeness (QED) is 0.468. The number of nitrogens with zero attached hydrogens (tertiary/aromatic N) is 3. The SMILES string of the molecule is COc1cccc2sc(N(CCN(C)C)C(=O)c3ccc4ccccc4c3)nc12. The Morgan fingerprint density at radius 1 is 1.00 bits per heavy atom. The Hall–Kier alpha value is -2.96. The third kappa shape index (κ3) is 3.95. The molecular formula is C23H23N3O2S. The van der Waals surface area contributed by atoms with E-state index in [0.29, 0.717) is 17.2 Å². The zero-order valence-electron chi connectivity index (χ0n) is 16.8. The maximum absolute atomic E-state index is 13.5. The molecule has 5 nitrogen and oxygen atoms in total. The highest BCUT2D eigenvalue weighted by atomic mass is 32.1. The van der Waals surface area contributed by atoms with Crippen molar-refractivity contribution in [1.82, 2.24) is 9.88 Å². The molecule has 148 valence electrons. The molecule has 0 spiro atoms.